The molecule has 4 heteroatoms. The predicted octanol–water partition coefficient (Wildman–Crippen LogP) is 3.87. The van der Waals surface area contributed by atoms with Crippen LogP contribution in [-0.2, 0) is 6.54 Å². The number of nitrogen functional groups attached to an aromatic ring is 1. The molecule has 2 N–H and O–H groups in total. The summed E-state index contributed by atoms with van der Waals surface area (Å²) in [5.41, 5.74) is 10.1. The van der Waals surface area contributed by atoms with E-state index >= 15 is 0 Å². The Balaban J connectivity index is 1.92. The van der Waals surface area contributed by atoms with Crippen LogP contribution in [0.15, 0.2) is 30.6 Å². The van der Waals surface area contributed by atoms with Gasteiger partial charge in [0.2, 0.25) is 0 Å². The molecule has 0 radical (unpaired) electrons. The van der Waals surface area contributed by atoms with Gasteiger partial charge < -0.3 is 15.2 Å². The predicted molar refractivity (Wildman–Crippen MR) is 96.9 cm³/mol. The van der Waals surface area contributed by atoms with Gasteiger partial charge >= 0.3 is 0 Å². The quantitative estimate of drug-likeness (QED) is 0.932. The number of hydrogen-bond donors (Lipinski definition) is 1. The van der Waals surface area contributed by atoms with Crippen molar-refractivity contribution < 1.29 is 0 Å². The van der Waals surface area contributed by atoms with Gasteiger partial charge in [-0.2, -0.15) is 0 Å². The van der Waals surface area contributed by atoms with Crippen molar-refractivity contribution in [1.82, 2.24) is 9.55 Å². The largest absolute Gasteiger partial charge is 0.371 e. The lowest BCUT2D eigenvalue weighted by atomic mass is 9.95. The van der Waals surface area contributed by atoms with Crippen molar-refractivity contribution in [2.45, 2.75) is 46.1 Å². The van der Waals surface area contributed by atoms with Gasteiger partial charge in [0.1, 0.15) is 0 Å². The fourth-order valence-corrected chi connectivity index (χ4v) is 3.28. The lowest BCUT2D eigenvalue weighted by molar-refractivity contribution is 0.437. The molecule has 2 heterocycles. The van der Waals surface area contributed by atoms with Crippen molar-refractivity contribution >= 4 is 11.6 Å². The van der Waals surface area contributed by atoms with Crippen LogP contribution >= 0.6 is 0 Å². The van der Waals surface area contributed by atoms with Gasteiger partial charge in [-0.1, -0.05) is 32.9 Å². The first-order chi connectivity index (χ1) is 11.0. The van der Waals surface area contributed by atoms with E-state index in [1.807, 2.05) is 10.8 Å². The molecule has 2 aromatic rings. The molecule has 0 unspecified atom stereocenters. The summed E-state index contributed by atoms with van der Waals surface area (Å²) in [7, 11) is 0. The fraction of sp³-hybridized carbons (Fsp3) is 0.526. The van der Waals surface area contributed by atoms with Crippen LogP contribution in [0.2, 0.25) is 0 Å². The normalized spacial score (nSPS) is 16.3. The second-order valence-electron chi connectivity index (χ2n) is 7.13. The number of piperidine rings is 1. The molecule has 0 aliphatic carbocycles. The van der Waals surface area contributed by atoms with E-state index in [9.17, 15) is 0 Å². The zero-order chi connectivity index (χ0) is 16.4. The number of nitrogens with zero attached hydrogens (tertiary/aromatic N) is 3. The van der Waals surface area contributed by atoms with Crippen LogP contribution in [0.5, 0.6) is 0 Å². The minimum Gasteiger partial charge on any atom is -0.371 e. The molecule has 1 saturated heterocycles. The smallest absolute Gasteiger partial charge is 0.200 e. The summed E-state index contributed by atoms with van der Waals surface area (Å²) >= 11 is 0. The molecule has 0 spiro atoms. The number of benzene rings is 1. The van der Waals surface area contributed by atoms with Crippen molar-refractivity contribution in [3.63, 3.8) is 0 Å². The van der Waals surface area contributed by atoms with Gasteiger partial charge in [-0.3, -0.25) is 0 Å². The average Bonchev–Trinajstić information content (AvgIpc) is 2.93. The minimum absolute atomic E-state index is 0.546. The molecule has 3 rings (SSSR count). The molecule has 1 aliphatic heterocycles. The Bertz CT molecular complexity index is 651. The highest BCUT2D eigenvalue weighted by Crippen LogP contribution is 2.30. The molecule has 4 nitrogen and oxygen atoms in total. The molecular formula is C19H28N4. The first-order valence-electron chi connectivity index (χ1n) is 8.69. The van der Waals surface area contributed by atoms with Crippen LogP contribution in [-0.4, -0.2) is 22.6 Å². The first kappa shape index (κ1) is 15.9. The van der Waals surface area contributed by atoms with Crippen LogP contribution in [0.3, 0.4) is 0 Å². The average molecular weight is 312 g/mol. The van der Waals surface area contributed by atoms with Crippen LogP contribution < -0.4 is 10.6 Å². The zero-order valence-corrected chi connectivity index (χ0v) is 14.5. The van der Waals surface area contributed by atoms with Crippen molar-refractivity contribution in [1.29, 1.82) is 0 Å². The minimum atomic E-state index is 0.546. The van der Waals surface area contributed by atoms with Crippen LogP contribution in [0.1, 0.15) is 50.7 Å². The van der Waals surface area contributed by atoms with E-state index < -0.39 is 0 Å². The van der Waals surface area contributed by atoms with Crippen LogP contribution in [0.25, 0.3) is 0 Å². The second kappa shape index (κ2) is 6.65. The summed E-state index contributed by atoms with van der Waals surface area (Å²) in [5, 5.41) is 0. The second-order valence-corrected chi connectivity index (χ2v) is 7.13. The van der Waals surface area contributed by atoms with Gasteiger partial charge in [0.05, 0.1) is 6.54 Å². The number of imidazole rings is 1. The third kappa shape index (κ3) is 3.52. The summed E-state index contributed by atoms with van der Waals surface area (Å²) in [5.74, 6) is 1.97. The third-order valence-corrected chi connectivity index (χ3v) is 4.99. The molecule has 1 fully saturated rings. The maximum Gasteiger partial charge on any atom is 0.200 e. The van der Waals surface area contributed by atoms with Gasteiger partial charge in [-0.25, -0.2) is 4.98 Å². The van der Waals surface area contributed by atoms with Crippen molar-refractivity contribution in [3.8, 4) is 0 Å². The highest BCUT2D eigenvalue weighted by molar-refractivity contribution is 5.56. The SMILES string of the molecule is CC1CCN(c2cc(C(C)C)ccc2Cn2ccnc2N)CC1. The summed E-state index contributed by atoms with van der Waals surface area (Å²) in [6.07, 6.45) is 6.27. The topological polar surface area (TPSA) is 47.1 Å². The van der Waals surface area contributed by atoms with Crippen molar-refractivity contribution in [2.75, 3.05) is 23.7 Å². The first-order valence-corrected chi connectivity index (χ1v) is 8.69. The number of hydrogen-bond acceptors (Lipinski definition) is 3. The van der Waals surface area contributed by atoms with Gasteiger partial charge in [-0.05, 0) is 41.9 Å². The van der Waals surface area contributed by atoms with Gasteiger partial charge in [-0.15, -0.1) is 0 Å². The Morgan fingerprint density at radius 2 is 2.00 bits per heavy atom. The van der Waals surface area contributed by atoms with Crippen molar-refractivity contribution in [2.24, 2.45) is 5.92 Å². The Morgan fingerprint density at radius 1 is 1.26 bits per heavy atom. The van der Waals surface area contributed by atoms with E-state index in [0.29, 0.717) is 11.9 Å². The Labute approximate surface area is 139 Å². The van der Waals surface area contributed by atoms with E-state index in [0.717, 1.165) is 25.6 Å². The standard InChI is InChI=1S/C19H28N4/c1-14(2)16-4-5-17(13-23-11-8-21-19(23)20)18(12-16)22-9-6-15(3)7-10-22/h4-5,8,11-12,14-15H,6-7,9-10,13H2,1-3H3,(H2,20,21). The monoisotopic (exact) mass is 312 g/mol. The number of aromatic nitrogens is 2. The molecule has 0 atom stereocenters. The molecule has 124 valence electrons. The summed E-state index contributed by atoms with van der Waals surface area (Å²) < 4.78 is 2.01. The highest BCUT2D eigenvalue weighted by Gasteiger charge is 2.19. The molecule has 1 aromatic heterocycles. The fourth-order valence-electron chi connectivity index (χ4n) is 3.28. The van der Waals surface area contributed by atoms with Gasteiger partial charge in [0, 0.05) is 31.2 Å². The third-order valence-electron chi connectivity index (χ3n) is 4.99. The van der Waals surface area contributed by atoms with E-state index in [2.05, 4.69) is 48.9 Å². The Kier molecular flexibility index (Phi) is 4.60. The summed E-state index contributed by atoms with van der Waals surface area (Å²) in [4.78, 5) is 6.69. The van der Waals surface area contributed by atoms with E-state index in [1.165, 1.54) is 29.7 Å². The van der Waals surface area contributed by atoms with Gasteiger partial charge in [0.15, 0.2) is 5.95 Å². The summed E-state index contributed by atoms with van der Waals surface area (Å²) in [6.45, 7) is 9.95. The Morgan fingerprint density at radius 3 is 2.61 bits per heavy atom. The maximum atomic E-state index is 5.95. The molecule has 0 amide bonds. The zero-order valence-electron chi connectivity index (χ0n) is 14.5. The summed E-state index contributed by atoms with van der Waals surface area (Å²) in [6, 6.07) is 6.90. The van der Waals surface area contributed by atoms with E-state index in [-0.39, 0.29) is 0 Å². The highest BCUT2D eigenvalue weighted by atomic mass is 15.2. The molecule has 0 saturated carbocycles. The molecule has 1 aliphatic rings. The van der Waals surface area contributed by atoms with Gasteiger partial charge in [0.25, 0.3) is 0 Å². The molecule has 1 aromatic carbocycles. The van der Waals surface area contributed by atoms with Crippen LogP contribution in [0, 0.1) is 5.92 Å². The maximum absolute atomic E-state index is 5.95. The molecule has 0 bridgehead atoms. The van der Waals surface area contributed by atoms with E-state index in [4.69, 9.17) is 5.73 Å². The number of nitrogens with two attached hydrogens (primary N) is 1. The molecular weight excluding hydrogens is 284 g/mol. The lowest BCUT2D eigenvalue weighted by Gasteiger charge is -2.34. The number of rotatable bonds is 4. The number of anilines is 2. The molecule has 23 heavy (non-hydrogen) atoms. The van der Waals surface area contributed by atoms with Crippen LogP contribution in [0.4, 0.5) is 11.6 Å². The lowest BCUT2D eigenvalue weighted by Crippen LogP contribution is -2.33. The van der Waals surface area contributed by atoms with Crippen molar-refractivity contribution in [3.05, 3.63) is 41.7 Å². The Hall–Kier alpha value is -1.97. The van der Waals surface area contributed by atoms with E-state index in [1.54, 1.807) is 6.20 Å².